The Bertz CT molecular complexity index is 201. The quantitative estimate of drug-likeness (QED) is 0.624. The third kappa shape index (κ3) is 7.08. The highest BCUT2D eigenvalue weighted by molar-refractivity contribution is 5.79. The molecule has 1 unspecified atom stereocenters. The largest absolute Gasteiger partial charge is 0.463 e. The van der Waals surface area contributed by atoms with Crippen molar-refractivity contribution >= 4 is 11.8 Å². The Kier molecular flexibility index (Phi) is 7.91. The van der Waals surface area contributed by atoms with Gasteiger partial charge in [0.2, 0.25) is 0 Å². The molecule has 4 nitrogen and oxygen atoms in total. The van der Waals surface area contributed by atoms with Crippen LogP contribution in [-0.4, -0.2) is 29.6 Å². The number of carbonyl (C=O) groups excluding carboxylic acids is 2. The minimum Gasteiger partial charge on any atom is -0.463 e. The van der Waals surface area contributed by atoms with E-state index in [1.807, 2.05) is 6.92 Å². The van der Waals surface area contributed by atoms with Gasteiger partial charge in [-0.1, -0.05) is 20.3 Å². The van der Waals surface area contributed by atoms with E-state index in [1.165, 1.54) is 0 Å². The highest BCUT2D eigenvalue weighted by Crippen LogP contribution is 2.00. The van der Waals surface area contributed by atoms with E-state index in [9.17, 15) is 9.59 Å². The zero-order valence-corrected chi connectivity index (χ0v) is 9.49. The molecule has 0 aliphatic rings. The van der Waals surface area contributed by atoms with Crippen molar-refractivity contribution in [3.05, 3.63) is 0 Å². The number of esters is 1. The van der Waals surface area contributed by atoms with E-state index < -0.39 is 12.1 Å². The Morgan fingerprint density at radius 1 is 1.27 bits per heavy atom. The highest BCUT2D eigenvalue weighted by Gasteiger charge is 2.14. The Balaban J connectivity index is 3.52. The molecular formula is C11H20O4. The van der Waals surface area contributed by atoms with Gasteiger partial charge in [0.15, 0.2) is 6.10 Å². The van der Waals surface area contributed by atoms with Crippen LogP contribution in [0.2, 0.25) is 0 Å². The molecule has 0 aromatic heterocycles. The van der Waals surface area contributed by atoms with E-state index in [-0.39, 0.29) is 18.8 Å². The maximum atomic E-state index is 11.2. The van der Waals surface area contributed by atoms with Crippen molar-refractivity contribution in [1.29, 1.82) is 0 Å². The molecule has 1 N–H and O–H groups in total. The molecule has 15 heavy (non-hydrogen) atoms. The number of rotatable bonds is 8. The number of aliphatic hydroxyl groups excluding tert-OH is 1. The summed E-state index contributed by atoms with van der Waals surface area (Å²) in [6.45, 7) is 3.79. The van der Waals surface area contributed by atoms with Gasteiger partial charge in [0.1, 0.15) is 5.78 Å². The van der Waals surface area contributed by atoms with Crippen LogP contribution >= 0.6 is 0 Å². The zero-order valence-electron chi connectivity index (χ0n) is 9.49. The van der Waals surface area contributed by atoms with Crippen molar-refractivity contribution in [1.82, 2.24) is 0 Å². The predicted molar refractivity (Wildman–Crippen MR) is 56.4 cm³/mol. The van der Waals surface area contributed by atoms with E-state index in [4.69, 9.17) is 9.84 Å². The van der Waals surface area contributed by atoms with Crippen LogP contribution in [0.4, 0.5) is 0 Å². The van der Waals surface area contributed by atoms with Gasteiger partial charge in [-0.3, -0.25) is 4.79 Å². The third-order valence-electron chi connectivity index (χ3n) is 2.09. The summed E-state index contributed by atoms with van der Waals surface area (Å²) in [7, 11) is 0. The lowest BCUT2D eigenvalue weighted by Crippen LogP contribution is -2.23. The molecule has 0 heterocycles. The summed E-state index contributed by atoms with van der Waals surface area (Å²) in [4.78, 5) is 22.2. The first-order valence-corrected chi connectivity index (χ1v) is 5.48. The van der Waals surface area contributed by atoms with Crippen LogP contribution in [-0.2, 0) is 14.3 Å². The maximum absolute atomic E-state index is 11.2. The summed E-state index contributed by atoms with van der Waals surface area (Å²) in [5.74, 6) is -0.531. The lowest BCUT2D eigenvalue weighted by atomic mass is 10.1. The van der Waals surface area contributed by atoms with Gasteiger partial charge in [-0.15, -0.1) is 0 Å². The molecule has 88 valence electrons. The van der Waals surface area contributed by atoms with Gasteiger partial charge in [-0.25, -0.2) is 4.79 Å². The normalized spacial score (nSPS) is 12.2. The first-order valence-electron chi connectivity index (χ1n) is 5.48. The molecular weight excluding hydrogens is 196 g/mol. The third-order valence-corrected chi connectivity index (χ3v) is 2.09. The molecule has 4 heteroatoms. The number of hydrogen-bond donors (Lipinski definition) is 1. The molecule has 1 atom stereocenters. The van der Waals surface area contributed by atoms with E-state index in [2.05, 4.69) is 0 Å². The first-order chi connectivity index (χ1) is 7.11. The fourth-order valence-electron chi connectivity index (χ4n) is 1.03. The van der Waals surface area contributed by atoms with Gasteiger partial charge < -0.3 is 9.84 Å². The first kappa shape index (κ1) is 14.1. The van der Waals surface area contributed by atoms with Gasteiger partial charge in [-0.2, -0.15) is 0 Å². The molecule has 0 amide bonds. The van der Waals surface area contributed by atoms with Crippen molar-refractivity contribution in [2.45, 2.75) is 52.1 Å². The van der Waals surface area contributed by atoms with Gasteiger partial charge in [-0.05, 0) is 12.8 Å². The zero-order chi connectivity index (χ0) is 11.7. The SMILES string of the molecule is CCCCC(=O)CCOC(=O)C(O)CC. The van der Waals surface area contributed by atoms with Crippen LogP contribution < -0.4 is 0 Å². The molecule has 0 aromatic rings. The Hall–Kier alpha value is -0.900. The fraction of sp³-hybridized carbons (Fsp3) is 0.818. The van der Waals surface area contributed by atoms with Crippen molar-refractivity contribution in [2.75, 3.05) is 6.61 Å². The standard InChI is InChI=1S/C11H20O4/c1-3-5-6-9(12)7-8-15-11(14)10(13)4-2/h10,13H,3-8H2,1-2H3. The van der Waals surface area contributed by atoms with Crippen molar-refractivity contribution in [2.24, 2.45) is 0 Å². The second-order valence-electron chi connectivity index (χ2n) is 3.48. The highest BCUT2D eigenvalue weighted by atomic mass is 16.5. The molecule has 0 saturated heterocycles. The van der Waals surface area contributed by atoms with Crippen LogP contribution in [0, 0.1) is 0 Å². The summed E-state index contributed by atoms with van der Waals surface area (Å²) >= 11 is 0. The predicted octanol–water partition coefficient (Wildman–Crippen LogP) is 1.45. The lowest BCUT2D eigenvalue weighted by molar-refractivity contribution is -0.154. The van der Waals surface area contributed by atoms with Crippen LogP contribution in [0.1, 0.15) is 46.0 Å². The second kappa shape index (κ2) is 8.41. The van der Waals surface area contributed by atoms with Gasteiger partial charge in [0, 0.05) is 12.8 Å². The topological polar surface area (TPSA) is 63.6 Å². The number of ketones is 1. The van der Waals surface area contributed by atoms with Crippen molar-refractivity contribution < 1.29 is 19.4 Å². The molecule has 0 radical (unpaired) electrons. The number of unbranched alkanes of at least 4 members (excludes halogenated alkanes) is 1. The minimum atomic E-state index is -1.06. The molecule has 0 rings (SSSR count). The number of ether oxygens (including phenoxy) is 1. The number of hydrogen-bond acceptors (Lipinski definition) is 4. The van der Waals surface area contributed by atoms with Gasteiger partial charge >= 0.3 is 5.97 Å². The smallest absolute Gasteiger partial charge is 0.334 e. The molecule has 0 spiro atoms. The van der Waals surface area contributed by atoms with Crippen molar-refractivity contribution in [3.8, 4) is 0 Å². The van der Waals surface area contributed by atoms with Crippen LogP contribution in [0.15, 0.2) is 0 Å². The van der Waals surface area contributed by atoms with E-state index in [0.717, 1.165) is 12.8 Å². The lowest BCUT2D eigenvalue weighted by Gasteiger charge is -2.07. The summed E-state index contributed by atoms with van der Waals surface area (Å²) < 4.78 is 4.74. The average Bonchev–Trinajstić information content (AvgIpc) is 2.24. The van der Waals surface area contributed by atoms with E-state index in [1.54, 1.807) is 6.92 Å². The van der Waals surface area contributed by atoms with E-state index >= 15 is 0 Å². The fourth-order valence-corrected chi connectivity index (χ4v) is 1.03. The second-order valence-corrected chi connectivity index (χ2v) is 3.48. The summed E-state index contributed by atoms with van der Waals surface area (Å²) in [6.07, 6.45) is 1.94. The number of aliphatic hydroxyl groups is 1. The minimum absolute atomic E-state index is 0.0818. The summed E-state index contributed by atoms with van der Waals surface area (Å²) in [5, 5.41) is 9.07. The molecule has 0 saturated carbocycles. The number of Topliss-reactive ketones (excluding diaryl/α,β-unsaturated/α-hetero) is 1. The van der Waals surface area contributed by atoms with E-state index in [0.29, 0.717) is 12.8 Å². The number of carbonyl (C=O) groups is 2. The monoisotopic (exact) mass is 216 g/mol. The Morgan fingerprint density at radius 2 is 1.93 bits per heavy atom. The molecule has 0 fully saturated rings. The Labute approximate surface area is 90.6 Å². The van der Waals surface area contributed by atoms with Gasteiger partial charge in [0.25, 0.3) is 0 Å². The molecule has 0 aliphatic heterocycles. The summed E-state index contributed by atoms with van der Waals surface area (Å²) in [6, 6.07) is 0. The average molecular weight is 216 g/mol. The molecule has 0 aromatic carbocycles. The van der Waals surface area contributed by atoms with Crippen LogP contribution in [0.25, 0.3) is 0 Å². The summed E-state index contributed by atoms with van der Waals surface area (Å²) in [5.41, 5.74) is 0. The molecule has 0 bridgehead atoms. The van der Waals surface area contributed by atoms with Crippen LogP contribution in [0.3, 0.4) is 0 Å². The maximum Gasteiger partial charge on any atom is 0.334 e. The van der Waals surface area contributed by atoms with Gasteiger partial charge in [0.05, 0.1) is 6.61 Å². The Morgan fingerprint density at radius 3 is 2.47 bits per heavy atom. The van der Waals surface area contributed by atoms with Crippen molar-refractivity contribution in [3.63, 3.8) is 0 Å². The molecule has 0 aliphatic carbocycles. The van der Waals surface area contributed by atoms with Crippen LogP contribution in [0.5, 0.6) is 0 Å².